The summed E-state index contributed by atoms with van der Waals surface area (Å²) in [6, 6.07) is 8.88. The normalized spacial score (nSPS) is 10.1. The number of aromatic nitrogens is 1. The summed E-state index contributed by atoms with van der Waals surface area (Å²) >= 11 is 12.0. The van der Waals surface area contributed by atoms with E-state index in [4.69, 9.17) is 33.2 Å². The summed E-state index contributed by atoms with van der Waals surface area (Å²) in [5.41, 5.74) is 1.78. The molecule has 0 unspecified atom stereocenters. The minimum Gasteiger partial charge on any atom is -0.454 e. The number of nitriles is 1. The summed E-state index contributed by atoms with van der Waals surface area (Å²) in [7, 11) is 0. The molecule has 0 spiro atoms. The van der Waals surface area contributed by atoms with E-state index in [2.05, 4.69) is 11.1 Å². The van der Waals surface area contributed by atoms with Crippen LogP contribution < -0.4 is 4.74 Å². The molecule has 0 fully saturated rings. The molecular formula is C14H10Cl2N2O. The molecule has 0 saturated carbocycles. The molecule has 5 heteroatoms. The summed E-state index contributed by atoms with van der Waals surface area (Å²) in [4.78, 5) is 4.23. The summed E-state index contributed by atoms with van der Waals surface area (Å²) < 4.78 is 5.69. The molecule has 0 saturated heterocycles. The summed E-state index contributed by atoms with van der Waals surface area (Å²) in [6.07, 6.45) is 0. The predicted octanol–water partition coefficient (Wildman–Crippen LogP) is 4.67. The molecule has 19 heavy (non-hydrogen) atoms. The zero-order chi connectivity index (χ0) is 14.0. The van der Waals surface area contributed by atoms with Crippen LogP contribution in [0.3, 0.4) is 0 Å². The number of rotatable bonds is 2. The molecular weight excluding hydrogens is 283 g/mol. The van der Waals surface area contributed by atoms with E-state index in [1.165, 1.54) is 0 Å². The maximum atomic E-state index is 9.16. The van der Waals surface area contributed by atoms with Crippen molar-refractivity contribution in [2.45, 2.75) is 13.8 Å². The smallest absolute Gasteiger partial charge is 0.148 e. The van der Waals surface area contributed by atoms with E-state index in [1.807, 2.05) is 6.92 Å². The Balaban J connectivity index is 2.50. The Morgan fingerprint density at radius 1 is 1.21 bits per heavy atom. The minimum absolute atomic E-state index is 0.320. The standard InChI is InChI=1S/C14H10Cl2N2O/c1-8-6-13(10(7-17)9(2)18-8)19-12-5-3-4-11(15)14(12)16/h3-6H,1-2H3. The van der Waals surface area contributed by atoms with E-state index < -0.39 is 0 Å². The highest BCUT2D eigenvalue weighted by Gasteiger charge is 2.13. The monoisotopic (exact) mass is 292 g/mol. The molecule has 0 aliphatic heterocycles. The molecule has 0 bridgehead atoms. The van der Waals surface area contributed by atoms with Crippen LogP contribution in [0.1, 0.15) is 17.0 Å². The zero-order valence-electron chi connectivity index (χ0n) is 10.4. The number of ether oxygens (including phenoxy) is 1. The molecule has 1 aromatic heterocycles. The second-order valence-corrected chi connectivity index (χ2v) is 4.77. The first kappa shape index (κ1) is 13.7. The Labute approximate surface area is 121 Å². The van der Waals surface area contributed by atoms with E-state index in [9.17, 15) is 0 Å². The molecule has 0 radical (unpaired) electrons. The van der Waals surface area contributed by atoms with Crippen LogP contribution in [-0.4, -0.2) is 4.98 Å². The van der Waals surface area contributed by atoms with Crippen LogP contribution in [0.15, 0.2) is 24.3 Å². The van der Waals surface area contributed by atoms with Gasteiger partial charge in [0.1, 0.15) is 28.2 Å². The lowest BCUT2D eigenvalue weighted by atomic mass is 10.2. The number of aryl methyl sites for hydroxylation is 2. The molecule has 0 aliphatic rings. The third-order valence-electron chi connectivity index (χ3n) is 2.54. The lowest BCUT2D eigenvalue weighted by molar-refractivity contribution is 0.479. The first-order chi connectivity index (χ1) is 9.02. The van der Waals surface area contributed by atoms with Crippen molar-refractivity contribution in [3.63, 3.8) is 0 Å². The van der Waals surface area contributed by atoms with E-state index in [0.29, 0.717) is 32.8 Å². The van der Waals surface area contributed by atoms with Gasteiger partial charge in [0.2, 0.25) is 0 Å². The van der Waals surface area contributed by atoms with Gasteiger partial charge in [0.25, 0.3) is 0 Å². The van der Waals surface area contributed by atoms with Gasteiger partial charge in [0.15, 0.2) is 0 Å². The first-order valence-electron chi connectivity index (χ1n) is 5.53. The Kier molecular flexibility index (Phi) is 3.94. The van der Waals surface area contributed by atoms with E-state index >= 15 is 0 Å². The van der Waals surface area contributed by atoms with Gasteiger partial charge in [-0.15, -0.1) is 0 Å². The van der Waals surface area contributed by atoms with Gasteiger partial charge in [-0.1, -0.05) is 29.3 Å². The number of halogens is 2. The number of benzene rings is 1. The third kappa shape index (κ3) is 2.81. The summed E-state index contributed by atoms with van der Waals surface area (Å²) in [6.45, 7) is 3.60. The van der Waals surface area contributed by atoms with Crippen molar-refractivity contribution in [2.75, 3.05) is 0 Å². The van der Waals surface area contributed by atoms with Gasteiger partial charge in [-0.3, -0.25) is 4.98 Å². The molecule has 2 rings (SSSR count). The van der Waals surface area contributed by atoms with E-state index in [-0.39, 0.29) is 0 Å². The highest BCUT2D eigenvalue weighted by molar-refractivity contribution is 6.42. The Hall–Kier alpha value is -1.76. The number of nitrogens with zero attached hydrogens (tertiary/aromatic N) is 2. The van der Waals surface area contributed by atoms with Crippen LogP contribution >= 0.6 is 23.2 Å². The molecule has 0 amide bonds. The Morgan fingerprint density at radius 3 is 2.63 bits per heavy atom. The van der Waals surface area contributed by atoms with Crippen LogP contribution in [0.4, 0.5) is 0 Å². The van der Waals surface area contributed by atoms with Crippen LogP contribution in [0.2, 0.25) is 10.0 Å². The van der Waals surface area contributed by atoms with Crippen molar-refractivity contribution >= 4 is 23.2 Å². The molecule has 2 aromatic rings. The largest absolute Gasteiger partial charge is 0.454 e. The van der Waals surface area contributed by atoms with Gasteiger partial charge in [0.05, 0.1) is 10.7 Å². The van der Waals surface area contributed by atoms with Gasteiger partial charge in [-0.2, -0.15) is 5.26 Å². The number of hydrogen-bond acceptors (Lipinski definition) is 3. The first-order valence-corrected chi connectivity index (χ1v) is 6.28. The predicted molar refractivity (Wildman–Crippen MR) is 75.0 cm³/mol. The Bertz CT molecular complexity index is 678. The van der Waals surface area contributed by atoms with E-state index in [1.54, 1.807) is 31.2 Å². The zero-order valence-corrected chi connectivity index (χ0v) is 11.9. The topological polar surface area (TPSA) is 45.9 Å². The molecule has 0 N–H and O–H groups in total. The fraction of sp³-hybridized carbons (Fsp3) is 0.143. The molecule has 96 valence electrons. The average Bonchev–Trinajstić information content (AvgIpc) is 2.34. The van der Waals surface area contributed by atoms with Crippen LogP contribution in [-0.2, 0) is 0 Å². The second-order valence-electron chi connectivity index (χ2n) is 3.99. The van der Waals surface area contributed by atoms with Crippen molar-refractivity contribution < 1.29 is 4.74 Å². The third-order valence-corrected chi connectivity index (χ3v) is 3.34. The molecule has 3 nitrogen and oxygen atoms in total. The fourth-order valence-corrected chi connectivity index (χ4v) is 2.02. The molecule has 0 aliphatic carbocycles. The summed E-state index contributed by atoms with van der Waals surface area (Å²) in [5.74, 6) is 0.840. The van der Waals surface area contributed by atoms with Crippen molar-refractivity contribution in [3.8, 4) is 17.6 Å². The maximum absolute atomic E-state index is 9.16. The average molecular weight is 293 g/mol. The van der Waals surface area contributed by atoms with Crippen molar-refractivity contribution in [1.29, 1.82) is 5.26 Å². The van der Waals surface area contributed by atoms with Gasteiger partial charge in [0, 0.05) is 11.8 Å². The quantitative estimate of drug-likeness (QED) is 0.808. The SMILES string of the molecule is Cc1cc(Oc2cccc(Cl)c2Cl)c(C#N)c(C)n1. The van der Waals surface area contributed by atoms with Crippen LogP contribution in [0.25, 0.3) is 0 Å². The minimum atomic E-state index is 0.320. The number of pyridine rings is 1. The van der Waals surface area contributed by atoms with Gasteiger partial charge < -0.3 is 4.74 Å². The van der Waals surface area contributed by atoms with Crippen molar-refractivity contribution in [1.82, 2.24) is 4.98 Å². The molecule has 0 atom stereocenters. The lowest BCUT2D eigenvalue weighted by Gasteiger charge is -2.11. The number of hydrogen-bond donors (Lipinski definition) is 0. The maximum Gasteiger partial charge on any atom is 0.148 e. The Morgan fingerprint density at radius 2 is 1.95 bits per heavy atom. The van der Waals surface area contributed by atoms with Crippen molar-refractivity contribution in [2.24, 2.45) is 0 Å². The molecule has 1 aromatic carbocycles. The highest BCUT2D eigenvalue weighted by Crippen LogP contribution is 2.36. The molecule has 1 heterocycles. The highest BCUT2D eigenvalue weighted by atomic mass is 35.5. The van der Waals surface area contributed by atoms with Crippen LogP contribution in [0.5, 0.6) is 11.5 Å². The lowest BCUT2D eigenvalue weighted by Crippen LogP contribution is -1.96. The van der Waals surface area contributed by atoms with Gasteiger partial charge in [-0.25, -0.2) is 0 Å². The van der Waals surface area contributed by atoms with Crippen LogP contribution in [0, 0.1) is 25.2 Å². The van der Waals surface area contributed by atoms with E-state index in [0.717, 1.165) is 5.69 Å². The summed E-state index contributed by atoms with van der Waals surface area (Å²) in [5, 5.41) is 9.89. The van der Waals surface area contributed by atoms with Crippen molar-refractivity contribution in [3.05, 3.63) is 51.3 Å². The fourth-order valence-electron chi connectivity index (χ4n) is 1.69. The second kappa shape index (κ2) is 5.48. The van der Waals surface area contributed by atoms with Gasteiger partial charge >= 0.3 is 0 Å². The van der Waals surface area contributed by atoms with Gasteiger partial charge in [-0.05, 0) is 26.0 Å².